The topological polar surface area (TPSA) is 59.3 Å². The Kier molecular flexibility index (Phi) is 4.08. The van der Waals surface area contributed by atoms with Gasteiger partial charge in [0.15, 0.2) is 0 Å². The SMILES string of the molecule is COc1ccc(CC2CC(c3cccc(N)c3)NN2)cc1. The van der Waals surface area contributed by atoms with Gasteiger partial charge in [-0.3, -0.25) is 10.9 Å². The fourth-order valence-electron chi connectivity index (χ4n) is 2.80. The van der Waals surface area contributed by atoms with Gasteiger partial charge in [0.1, 0.15) is 5.75 Å². The highest BCUT2D eigenvalue weighted by molar-refractivity contribution is 5.42. The lowest BCUT2D eigenvalue weighted by molar-refractivity contribution is 0.414. The van der Waals surface area contributed by atoms with Crippen molar-refractivity contribution in [3.63, 3.8) is 0 Å². The van der Waals surface area contributed by atoms with Crippen LogP contribution in [0.25, 0.3) is 0 Å². The molecule has 1 fully saturated rings. The smallest absolute Gasteiger partial charge is 0.118 e. The first kappa shape index (κ1) is 13.9. The van der Waals surface area contributed by atoms with Gasteiger partial charge < -0.3 is 10.5 Å². The van der Waals surface area contributed by atoms with E-state index in [0.717, 1.165) is 24.3 Å². The zero-order valence-electron chi connectivity index (χ0n) is 12.2. The molecule has 2 unspecified atom stereocenters. The summed E-state index contributed by atoms with van der Waals surface area (Å²) in [5.74, 6) is 0.897. The van der Waals surface area contributed by atoms with Crippen LogP contribution in [0.5, 0.6) is 5.75 Å². The van der Waals surface area contributed by atoms with E-state index in [2.05, 4.69) is 29.1 Å². The number of rotatable bonds is 4. The molecule has 1 heterocycles. The Morgan fingerprint density at radius 2 is 1.95 bits per heavy atom. The first-order valence-corrected chi connectivity index (χ1v) is 7.24. The maximum Gasteiger partial charge on any atom is 0.118 e. The molecule has 0 spiro atoms. The van der Waals surface area contributed by atoms with Crippen LogP contribution >= 0.6 is 0 Å². The second-order valence-corrected chi connectivity index (χ2v) is 5.50. The van der Waals surface area contributed by atoms with Gasteiger partial charge in [-0.1, -0.05) is 24.3 Å². The molecule has 21 heavy (non-hydrogen) atoms. The summed E-state index contributed by atoms with van der Waals surface area (Å²) in [7, 11) is 1.69. The molecule has 0 amide bonds. The normalized spacial score (nSPS) is 21.4. The predicted octanol–water partition coefficient (Wildman–Crippen LogP) is 2.43. The lowest BCUT2D eigenvalue weighted by atomic mass is 9.97. The summed E-state index contributed by atoms with van der Waals surface area (Å²) < 4.78 is 5.19. The summed E-state index contributed by atoms with van der Waals surface area (Å²) in [5.41, 5.74) is 16.0. The summed E-state index contributed by atoms with van der Waals surface area (Å²) in [6, 6.07) is 17.1. The summed E-state index contributed by atoms with van der Waals surface area (Å²) >= 11 is 0. The Morgan fingerprint density at radius 1 is 1.14 bits per heavy atom. The van der Waals surface area contributed by atoms with Gasteiger partial charge >= 0.3 is 0 Å². The molecule has 2 aromatic rings. The Labute approximate surface area is 125 Å². The molecule has 3 rings (SSSR count). The van der Waals surface area contributed by atoms with Gasteiger partial charge in [-0.25, -0.2) is 0 Å². The van der Waals surface area contributed by atoms with E-state index < -0.39 is 0 Å². The number of nitrogens with two attached hydrogens (primary N) is 1. The minimum Gasteiger partial charge on any atom is -0.497 e. The molecule has 1 aliphatic heterocycles. The fraction of sp³-hybridized carbons (Fsp3) is 0.294. The van der Waals surface area contributed by atoms with Crippen molar-refractivity contribution in [3.05, 3.63) is 59.7 Å². The van der Waals surface area contributed by atoms with Crippen LogP contribution < -0.4 is 21.3 Å². The lowest BCUT2D eigenvalue weighted by Gasteiger charge is -2.11. The Morgan fingerprint density at radius 3 is 2.67 bits per heavy atom. The molecular weight excluding hydrogens is 262 g/mol. The third-order valence-corrected chi connectivity index (χ3v) is 3.94. The van der Waals surface area contributed by atoms with Crippen LogP contribution in [-0.2, 0) is 6.42 Å². The van der Waals surface area contributed by atoms with Crippen molar-refractivity contribution < 1.29 is 4.74 Å². The van der Waals surface area contributed by atoms with Crippen molar-refractivity contribution in [2.45, 2.75) is 24.9 Å². The third kappa shape index (κ3) is 3.35. The molecule has 4 nitrogen and oxygen atoms in total. The van der Waals surface area contributed by atoms with E-state index in [1.807, 2.05) is 30.3 Å². The second-order valence-electron chi connectivity index (χ2n) is 5.50. The predicted molar refractivity (Wildman–Crippen MR) is 85.0 cm³/mol. The second kappa shape index (κ2) is 6.16. The van der Waals surface area contributed by atoms with Crippen molar-refractivity contribution in [3.8, 4) is 5.75 Å². The highest BCUT2D eigenvalue weighted by atomic mass is 16.5. The number of hydrazine groups is 1. The number of hydrogen-bond acceptors (Lipinski definition) is 4. The van der Waals surface area contributed by atoms with Crippen molar-refractivity contribution in [2.75, 3.05) is 12.8 Å². The van der Waals surface area contributed by atoms with Crippen molar-refractivity contribution in [1.82, 2.24) is 10.9 Å². The van der Waals surface area contributed by atoms with E-state index in [0.29, 0.717) is 12.1 Å². The molecule has 2 atom stereocenters. The summed E-state index contributed by atoms with van der Waals surface area (Å²) in [6.07, 6.45) is 2.05. The van der Waals surface area contributed by atoms with Crippen LogP contribution in [0.1, 0.15) is 23.6 Å². The minimum absolute atomic E-state index is 0.316. The number of nitrogen functional groups attached to an aromatic ring is 1. The molecule has 0 saturated carbocycles. The van der Waals surface area contributed by atoms with E-state index in [9.17, 15) is 0 Å². The van der Waals surface area contributed by atoms with E-state index in [4.69, 9.17) is 10.5 Å². The molecule has 0 bridgehead atoms. The maximum atomic E-state index is 5.85. The van der Waals surface area contributed by atoms with Gasteiger partial charge in [-0.15, -0.1) is 0 Å². The van der Waals surface area contributed by atoms with Gasteiger partial charge in [0, 0.05) is 17.8 Å². The largest absolute Gasteiger partial charge is 0.497 e. The van der Waals surface area contributed by atoms with Crippen LogP contribution in [0, 0.1) is 0 Å². The monoisotopic (exact) mass is 283 g/mol. The number of nitrogens with one attached hydrogen (secondary N) is 2. The first-order chi connectivity index (χ1) is 10.2. The zero-order chi connectivity index (χ0) is 14.7. The van der Waals surface area contributed by atoms with E-state index in [1.165, 1.54) is 11.1 Å². The van der Waals surface area contributed by atoms with Crippen molar-refractivity contribution >= 4 is 5.69 Å². The Bertz CT molecular complexity index is 597. The highest BCUT2D eigenvalue weighted by Crippen LogP contribution is 2.25. The number of ether oxygens (including phenoxy) is 1. The maximum absolute atomic E-state index is 5.85. The molecule has 2 aromatic carbocycles. The van der Waals surface area contributed by atoms with Gasteiger partial charge in [0.25, 0.3) is 0 Å². The lowest BCUT2D eigenvalue weighted by Crippen LogP contribution is -2.32. The van der Waals surface area contributed by atoms with Crippen molar-refractivity contribution in [1.29, 1.82) is 0 Å². The first-order valence-electron chi connectivity index (χ1n) is 7.24. The standard InChI is InChI=1S/C17H21N3O/c1-21-16-7-5-12(6-8-16)9-15-11-17(20-19-15)13-3-2-4-14(18)10-13/h2-8,10,15,17,19-20H,9,11,18H2,1H3. The van der Waals surface area contributed by atoms with Crippen molar-refractivity contribution in [2.24, 2.45) is 0 Å². The number of benzene rings is 2. The minimum atomic E-state index is 0.316. The molecule has 0 aromatic heterocycles. The van der Waals surface area contributed by atoms with Crippen LogP contribution in [-0.4, -0.2) is 13.2 Å². The average molecular weight is 283 g/mol. The van der Waals surface area contributed by atoms with Crippen LogP contribution in [0.4, 0.5) is 5.69 Å². The van der Waals surface area contributed by atoms with Gasteiger partial charge in [0.05, 0.1) is 7.11 Å². The van der Waals surface area contributed by atoms with Crippen LogP contribution in [0.15, 0.2) is 48.5 Å². The highest BCUT2D eigenvalue weighted by Gasteiger charge is 2.25. The Hall–Kier alpha value is -2.04. The molecule has 4 N–H and O–H groups in total. The van der Waals surface area contributed by atoms with Gasteiger partial charge in [-0.2, -0.15) is 0 Å². The van der Waals surface area contributed by atoms with Gasteiger partial charge in [0.2, 0.25) is 0 Å². The van der Waals surface area contributed by atoms with Gasteiger partial charge in [-0.05, 0) is 48.2 Å². The third-order valence-electron chi connectivity index (χ3n) is 3.94. The van der Waals surface area contributed by atoms with E-state index in [1.54, 1.807) is 7.11 Å². The summed E-state index contributed by atoms with van der Waals surface area (Å²) in [5, 5.41) is 0. The fourth-order valence-corrected chi connectivity index (χ4v) is 2.80. The number of anilines is 1. The van der Waals surface area contributed by atoms with E-state index >= 15 is 0 Å². The molecule has 0 radical (unpaired) electrons. The molecule has 0 aliphatic carbocycles. The molecule has 110 valence electrons. The zero-order valence-corrected chi connectivity index (χ0v) is 12.2. The summed E-state index contributed by atoms with van der Waals surface area (Å²) in [4.78, 5) is 0. The number of hydrogen-bond donors (Lipinski definition) is 3. The molecule has 4 heteroatoms. The van der Waals surface area contributed by atoms with E-state index in [-0.39, 0.29) is 0 Å². The summed E-state index contributed by atoms with van der Waals surface area (Å²) in [6.45, 7) is 0. The molecule has 1 saturated heterocycles. The molecular formula is C17H21N3O. The Balaban J connectivity index is 1.61. The molecule has 1 aliphatic rings. The van der Waals surface area contributed by atoms with Crippen LogP contribution in [0.3, 0.4) is 0 Å². The number of methoxy groups -OCH3 is 1. The van der Waals surface area contributed by atoms with Crippen LogP contribution in [0.2, 0.25) is 0 Å². The average Bonchev–Trinajstić information content (AvgIpc) is 2.97. The quantitative estimate of drug-likeness (QED) is 0.754.